The molecule has 0 aliphatic rings. The summed E-state index contributed by atoms with van der Waals surface area (Å²) in [5.41, 5.74) is 10.3. The zero-order chi connectivity index (χ0) is 14.7. The Morgan fingerprint density at radius 2 is 2.25 bits per heavy atom. The van der Waals surface area contributed by atoms with Crippen molar-refractivity contribution in [3.63, 3.8) is 0 Å². The Balaban J connectivity index is 2.50. The van der Waals surface area contributed by atoms with Crippen LogP contribution in [0.5, 0.6) is 0 Å². The topological polar surface area (TPSA) is 130 Å². The molecule has 0 bridgehead atoms. The summed E-state index contributed by atoms with van der Waals surface area (Å²) in [5.74, 6) is -0.436. The van der Waals surface area contributed by atoms with Gasteiger partial charge in [-0.15, -0.1) is 0 Å². The van der Waals surface area contributed by atoms with Gasteiger partial charge in [0, 0.05) is 16.2 Å². The van der Waals surface area contributed by atoms with E-state index in [0.29, 0.717) is 22.8 Å². The summed E-state index contributed by atoms with van der Waals surface area (Å²) in [6.45, 7) is 3.48. The van der Waals surface area contributed by atoms with Gasteiger partial charge in [0.05, 0.1) is 24.5 Å². The van der Waals surface area contributed by atoms with Crippen molar-refractivity contribution in [1.82, 2.24) is 19.7 Å². The molecule has 2 aromatic heterocycles. The number of hydrogen-bond donors (Lipinski definition) is 1. The van der Waals surface area contributed by atoms with Crippen molar-refractivity contribution < 1.29 is 9.90 Å². The number of azide groups is 1. The summed E-state index contributed by atoms with van der Waals surface area (Å²) < 4.78 is 1.48. The molecule has 2 rings (SSSR count). The third-order valence-electron chi connectivity index (χ3n) is 2.74. The first-order chi connectivity index (χ1) is 9.52. The van der Waals surface area contributed by atoms with E-state index in [9.17, 15) is 4.79 Å². The molecule has 9 nitrogen and oxygen atoms in total. The number of aryl methyl sites for hydroxylation is 1. The number of aromatic nitrogens is 4. The molecule has 0 saturated heterocycles. The molecule has 0 radical (unpaired) electrons. The molecule has 0 spiro atoms. The molecule has 0 aliphatic carbocycles. The molecule has 0 aliphatic heterocycles. The van der Waals surface area contributed by atoms with Gasteiger partial charge in [-0.1, -0.05) is 0 Å². The normalized spacial score (nSPS) is 10.1. The lowest BCUT2D eigenvalue weighted by molar-refractivity contribution is -0.136. The van der Waals surface area contributed by atoms with Crippen molar-refractivity contribution in [3.8, 4) is 5.82 Å². The van der Waals surface area contributed by atoms with Crippen LogP contribution in [0.3, 0.4) is 0 Å². The van der Waals surface area contributed by atoms with Crippen LogP contribution in [-0.2, 0) is 11.2 Å². The predicted molar refractivity (Wildman–Crippen MR) is 68.8 cm³/mol. The van der Waals surface area contributed by atoms with E-state index >= 15 is 0 Å². The maximum atomic E-state index is 10.8. The molecule has 2 aromatic rings. The average molecular weight is 273 g/mol. The number of rotatable bonds is 4. The molecule has 0 amide bonds. The second kappa shape index (κ2) is 5.37. The van der Waals surface area contributed by atoms with Crippen molar-refractivity contribution in [2.24, 2.45) is 5.11 Å². The molecule has 0 fully saturated rings. The molecule has 20 heavy (non-hydrogen) atoms. The lowest BCUT2D eigenvalue weighted by atomic mass is 10.1. The van der Waals surface area contributed by atoms with Crippen molar-refractivity contribution in [1.29, 1.82) is 0 Å². The number of nitrogens with zero attached hydrogens (tertiary/aromatic N) is 7. The van der Waals surface area contributed by atoms with Gasteiger partial charge in [-0.05, 0) is 24.5 Å². The number of hydrogen-bond acceptors (Lipinski definition) is 5. The maximum Gasteiger partial charge on any atom is 0.307 e. The van der Waals surface area contributed by atoms with Crippen LogP contribution in [0.25, 0.3) is 16.3 Å². The second-order valence-electron chi connectivity index (χ2n) is 4.06. The maximum absolute atomic E-state index is 10.8. The van der Waals surface area contributed by atoms with Crippen LogP contribution in [0.4, 0.5) is 5.82 Å². The summed E-state index contributed by atoms with van der Waals surface area (Å²) in [6, 6.07) is 0. The van der Waals surface area contributed by atoms with E-state index in [0.717, 1.165) is 0 Å². The minimum absolute atomic E-state index is 0.110. The summed E-state index contributed by atoms with van der Waals surface area (Å²) in [4.78, 5) is 21.5. The first kappa shape index (κ1) is 13.5. The van der Waals surface area contributed by atoms with Gasteiger partial charge < -0.3 is 5.11 Å². The Hall–Kier alpha value is -2.93. The number of carboxylic acid groups (broad SMARTS) is 1. The van der Waals surface area contributed by atoms with Gasteiger partial charge >= 0.3 is 5.97 Å². The minimum atomic E-state index is -0.926. The van der Waals surface area contributed by atoms with Gasteiger partial charge in [0.25, 0.3) is 0 Å². The second-order valence-corrected chi connectivity index (χ2v) is 4.06. The SMILES string of the molecule is Cc1nn(-c2cncc(N=[N+]=[N-])n2)c(C)c1CC(=O)O. The summed E-state index contributed by atoms with van der Waals surface area (Å²) in [7, 11) is 0. The molecule has 2 heterocycles. The van der Waals surface area contributed by atoms with Gasteiger partial charge in [0.1, 0.15) is 5.82 Å². The Morgan fingerprint density at radius 1 is 1.50 bits per heavy atom. The van der Waals surface area contributed by atoms with Crippen LogP contribution < -0.4 is 0 Å². The fourth-order valence-electron chi connectivity index (χ4n) is 1.85. The van der Waals surface area contributed by atoms with Gasteiger partial charge in [-0.2, -0.15) is 5.10 Å². The molecular formula is C11H11N7O2. The molecule has 0 saturated carbocycles. The summed E-state index contributed by atoms with van der Waals surface area (Å²) >= 11 is 0. The quantitative estimate of drug-likeness (QED) is 0.516. The highest BCUT2D eigenvalue weighted by atomic mass is 16.4. The zero-order valence-corrected chi connectivity index (χ0v) is 10.8. The number of carbonyl (C=O) groups is 1. The fourth-order valence-corrected chi connectivity index (χ4v) is 1.85. The largest absolute Gasteiger partial charge is 0.481 e. The smallest absolute Gasteiger partial charge is 0.307 e. The molecule has 0 aromatic carbocycles. The average Bonchev–Trinajstić information content (AvgIpc) is 2.67. The third kappa shape index (κ3) is 2.57. The molecule has 1 N–H and O–H groups in total. The Labute approximate surface area is 113 Å². The fraction of sp³-hybridized carbons (Fsp3) is 0.273. The van der Waals surface area contributed by atoms with E-state index in [1.807, 2.05) is 0 Å². The number of aliphatic carboxylic acids is 1. The van der Waals surface area contributed by atoms with Gasteiger partial charge in [-0.25, -0.2) is 9.67 Å². The zero-order valence-electron chi connectivity index (χ0n) is 10.8. The van der Waals surface area contributed by atoms with E-state index in [1.165, 1.54) is 17.1 Å². The van der Waals surface area contributed by atoms with Crippen molar-refractivity contribution in [2.45, 2.75) is 20.3 Å². The first-order valence-electron chi connectivity index (χ1n) is 5.67. The van der Waals surface area contributed by atoms with E-state index in [4.69, 9.17) is 10.6 Å². The van der Waals surface area contributed by atoms with Crippen LogP contribution in [0, 0.1) is 13.8 Å². The van der Waals surface area contributed by atoms with Crippen LogP contribution in [0.15, 0.2) is 17.5 Å². The van der Waals surface area contributed by atoms with Crippen LogP contribution in [-0.4, -0.2) is 30.8 Å². The van der Waals surface area contributed by atoms with Crippen LogP contribution in [0.1, 0.15) is 17.0 Å². The summed E-state index contributed by atoms with van der Waals surface area (Å²) in [5, 5.41) is 16.5. The van der Waals surface area contributed by atoms with E-state index < -0.39 is 5.97 Å². The highest BCUT2D eigenvalue weighted by molar-refractivity contribution is 5.71. The minimum Gasteiger partial charge on any atom is -0.481 e. The van der Waals surface area contributed by atoms with Gasteiger partial charge in [0.2, 0.25) is 0 Å². The van der Waals surface area contributed by atoms with E-state index in [1.54, 1.807) is 13.8 Å². The lowest BCUT2D eigenvalue weighted by Gasteiger charge is -2.03. The lowest BCUT2D eigenvalue weighted by Crippen LogP contribution is -2.05. The van der Waals surface area contributed by atoms with E-state index in [-0.39, 0.29) is 12.2 Å². The van der Waals surface area contributed by atoms with Crippen molar-refractivity contribution in [3.05, 3.63) is 39.8 Å². The standard InChI is InChI=1S/C11H11N7O2/c1-6-8(3-11(19)20)7(2)18(16-6)10-5-13-4-9(14-10)15-17-12/h4-5H,3H2,1-2H3,(H,19,20). The first-order valence-corrected chi connectivity index (χ1v) is 5.67. The summed E-state index contributed by atoms with van der Waals surface area (Å²) in [6.07, 6.45) is 2.68. The highest BCUT2D eigenvalue weighted by Crippen LogP contribution is 2.18. The monoisotopic (exact) mass is 273 g/mol. The van der Waals surface area contributed by atoms with Gasteiger partial charge in [-0.3, -0.25) is 9.78 Å². The van der Waals surface area contributed by atoms with Crippen molar-refractivity contribution in [2.75, 3.05) is 0 Å². The Bertz CT molecular complexity index is 716. The number of carboxylic acids is 1. The molecular weight excluding hydrogens is 262 g/mol. The Kier molecular flexibility index (Phi) is 3.62. The molecule has 9 heteroatoms. The molecule has 0 atom stereocenters. The van der Waals surface area contributed by atoms with Crippen molar-refractivity contribution >= 4 is 11.8 Å². The van der Waals surface area contributed by atoms with Crippen LogP contribution in [0.2, 0.25) is 0 Å². The van der Waals surface area contributed by atoms with E-state index in [2.05, 4.69) is 25.1 Å². The Morgan fingerprint density at radius 3 is 2.90 bits per heavy atom. The molecule has 102 valence electrons. The highest BCUT2D eigenvalue weighted by Gasteiger charge is 2.16. The predicted octanol–water partition coefficient (Wildman–Crippen LogP) is 1.85. The van der Waals surface area contributed by atoms with Crippen LogP contribution >= 0.6 is 0 Å². The van der Waals surface area contributed by atoms with Gasteiger partial charge in [0.15, 0.2) is 5.82 Å². The molecule has 0 unspecified atom stereocenters. The third-order valence-corrected chi connectivity index (χ3v) is 2.74.